The van der Waals surface area contributed by atoms with Crippen molar-refractivity contribution in [2.75, 3.05) is 13.1 Å². The molecule has 2 heterocycles. The average molecular weight is 141 g/mol. The molecule has 10 heavy (non-hydrogen) atoms. The third-order valence-electron chi connectivity index (χ3n) is 2.64. The lowest BCUT2D eigenvalue weighted by Gasteiger charge is -2.25. The predicted molar refractivity (Wildman–Crippen MR) is 38.4 cm³/mol. The van der Waals surface area contributed by atoms with E-state index in [0.29, 0.717) is 6.54 Å². The predicted octanol–water partition coefficient (Wildman–Crippen LogP) is 1.71. The number of fused-ring (bicyclic) bond motifs is 1. The normalized spacial score (nSPS) is 40.0. The van der Waals surface area contributed by atoms with Crippen LogP contribution in [0.1, 0.15) is 19.8 Å². The topological polar surface area (TPSA) is 3.24 Å². The number of hydrogen-bond acceptors (Lipinski definition) is 1. The van der Waals surface area contributed by atoms with Gasteiger partial charge < -0.3 is 0 Å². The largest absolute Gasteiger partial charge is 0.288 e. The third kappa shape index (κ3) is 0.717. The van der Waals surface area contributed by atoms with E-state index in [9.17, 15) is 4.39 Å². The zero-order valence-electron chi connectivity index (χ0n) is 6.23. The minimum Gasteiger partial charge on any atom is -0.288 e. The Morgan fingerprint density at radius 2 is 2.50 bits per heavy atom. The SMILES string of the molecule is CC12C=C(F)CN1CCC2. The number of hydrogen-bond donors (Lipinski definition) is 0. The average Bonchev–Trinajstić information content (AvgIpc) is 2.20. The van der Waals surface area contributed by atoms with E-state index in [0.717, 1.165) is 13.0 Å². The second-order valence-corrected chi connectivity index (χ2v) is 3.47. The van der Waals surface area contributed by atoms with Gasteiger partial charge in [0.25, 0.3) is 0 Å². The highest BCUT2D eigenvalue weighted by Crippen LogP contribution is 2.36. The molecule has 0 aromatic heterocycles. The summed E-state index contributed by atoms with van der Waals surface area (Å²) in [6.07, 6.45) is 4.13. The van der Waals surface area contributed by atoms with Gasteiger partial charge >= 0.3 is 0 Å². The fourth-order valence-corrected chi connectivity index (χ4v) is 2.03. The van der Waals surface area contributed by atoms with Gasteiger partial charge in [-0.3, -0.25) is 4.90 Å². The van der Waals surface area contributed by atoms with Crippen LogP contribution in [0.5, 0.6) is 0 Å². The van der Waals surface area contributed by atoms with Crippen LogP contribution in [0.3, 0.4) is 0 Å². The summed E-state index contributed by atoms with van der Waals surface area (Å²) < 4.78 is 12.7. The monoisotopic (exact) mass is 141 g/mol. The van der Waals surface area contributed by atoms with E-state index in [1.54, 1.807) is 6.08 Å². The lowest BCUT2D eigenvalue weighted by Crippen LogP contribution is -2.34. The maximum absolute atomic E-state index is 12.7. The summed E-state index contributed by atoms with van der Waals surface area (Å²) in [6, 6.07) is 0. The van der Waals surface area contributed by atoms with E-state index in [-0.39, 0.29) is 11.4 Å². The van der Waals surface area contributed by atoms with Gasteiger partial charge in [0, 0.05) is 5.54 Å². The Bertz CT molecular complexity index is 188. The van der Waals surface area contributed by atoms with Crippen molar-refractivity contribution in [3.63, 3.8) is 0 Å². The lowest BCUT2D eigenvalue weighted by molar-refractivity contribution is 0.239. The smallest absolute Gasteiger partial charge is 0.112 e. The van der Waals surface area contributed by atoms with Gasteiger partial charge in [-0.15, -0.1) is 0 Å². The van der Waals surface area contributed by atoms with Crippen molar-refractivity contribution in [2.45, 2.75) is 25.3 Å². The molecule has 2 heteroatoms. The van der Waals surface area contributed by atoms with Crippen LogP contribution in [-0.4, -0.2) is 23.5 Å². The first-order chi connectivity index (χ1) is 4.71. The Morgan fingerprint density at radius 3 is 3.20 bits per heavy atom. The van der Waals surface area contributed by atoms with Gasteiger partial charge in [0.2, 0.25) is 0 Å². The molecule has 1 nitrogen and oxygen atoms in total. The fraction of sp³-hybridized carbons (Fsp3) is 0.750. The molecule has 0 bridgehead atoms. The summed E-state index contributed by atoms with van der Waals surface area (Å²) in [5.41, 5.74) is 0.0735. The van der Waals surface area contributed by atoms with Crippen molar-refractivity contribution in [2.24, 2.45) is 0 Å². The molecule has 0 aromatic carbocycles. The summed E-state index contributed by atoms with van der Waals surface area (Å²) >= 11 is 0. The first-order valence-electron chi connectivity index (χ1n) is 3.83. The van der Waals surface area contributed by atoms with Crippen LogP contribution in [0, 0.1) is 0 Å². The van der Waals surface area contributed by atoms with Crippen LogP contribution in [0.4, 0.5) is 4.39 Å². The molecule has 2 rings (SSSR count). The van der Waals surface area contributed by atoms with Gasteiger partial charge in [-0.25, -0.2) is 4.39 Å². The lowest BCUT2D eigenvalue weighted by atomic mass is 10.0. The Labute approximate surface area is 60.5 Å². The number of halogens is 1. The molecule has 0 aromatic rings. The second-order valence-electron chi connectivity index (χ2n) is 3.47. The molecule has 0 N–H and O–H groups in total. The summed E-state index contributed by atoms with van der Waals surface area (Å²) in [4.78, 5) is 2.21. The molecule has 56 valence electrons. The van der Waals surface area contributed by atoms with Crippen LogP contribution >= 0.6 is 0 Å². The molecule has 0 aliphatic carbocycles. The quantitative estimate of drug-likeness (QED) is 0.496. The van der Waals surface area contributed by atoms with Crippen LogP contribution in [0.25, 0.3) is 0 Å². The summed E-state index contributed by atoms with van der Waals surface area (Å²) in [5.74, 6) is 0.0576. The van der Waals surface area contributed by atoms with E-state index in [2.05, 4.69) is 11.8 Å². The first-order valence-corrected chi connectivity index (χ1v) is 3.83. The van der Waals surface area contributed by atoms with Crippen molar-refractivity contribution < 1.29 is 4.39 Å². The van der Waals surface area contributed by atoms with Crippen molar-refractivity contribution in [3.8, 4) is 0 Å². The molecule has 0 spiro atoms. The Morgan fingerprint density at radius 1 is 1.70 bits per heavy atom. The molecule has 1 saturated heterocycles. The highest BCUT2D eigenvalue weighted by molar-refractivity contribution is 5.19. The summed E-state index contributed by atoms with van der Waals surface area (Å²) in [7, 11) is 0. The van der Waals surface area contributed by atoms with E-state index in [1.807, 2.05) is 0 Å². The molecule has 1 atom stereocenters. The van der Waals surface area contributed by atoms with E-state index in [4.69, 9.17) is 0 Å². The highest BCUT2D eigenvalue weighted by Gasteiger charge is 2.39. The van der Waals surface area contributed by atoms with E-state index in [1.165, 1.54) is 6.42 Å². The Kier molecular flexibility index (Phi) is 1.15. The zero-order valence-corrected chi connectivity index (χ0v) is 6.23. The van der Waals surface area contributed by atoms with E-state index < -0.39 is 0 Å². The Balaban J connectivity index is 2.27. The Hall–Kier alpha value is -0.370. The maximum Gasteiger partial charge on any atom is 0.112 e. The molecule has 2 aliphatic heterocycles. The van der Waals surface area contributed by atoms with Crippen LogP contribution < -0.4 is 0 Å². The van der Waals surface area contributed by atoms with Crippen LogP contribution in [0.2, 0.25) is 0 Å². The molecule has 0 amide bonds. The van der Waals surface area contributed by atoms with Gasteiger partial charge in [-0.2, -0.15) is 0 Å². The standard InChI is InChI=1S/C8H12FN/c1-8-3-2-4-10(8)6-7(9)5-8/h5H,2-4,6H2,1H3. The van der Waals surface area contributed by atoms with E-state index >= 15 is 0 Å². The highest BCUT2D eigenvalue weighted by atomic mass is 19.1. The fourth-order valence-electron chi connectivity index (χ4n) is 2.03. The van der Waals surface area contributed by atoms with Crippen molar-refractivity contribution in [1.29, 1.82) is 0 Å². The van der Waals surface area contributed by atoms with Gasteiger partial charge in [0.15, 0.2) is 0 Å². The van der Waals surface area contributed by atoms with Crippen LogP contribution in [-0.2, 0) is 0 Å². The molecule has 0 saturated carbocycles. The molecular formula is C8H12FN. The minimum absolute atomic E-state index is 0.0576. The molecule has 2 aliphatic rings. The van der Waals surface area contributed by atoms with Gasteiger partial charge in [-0.05, 0) is 32.4 Å². The third-order valence-corrected chi connectivity index (χ3v) is 2.64. The molecular weight excluding hydrogens is 129 g/mol. The summed E-state index contributed by atoms with van der Waals surface area (Å²) in [6.45, 7) is 3.74. The van der Waals surface area contributed by atoms with Crippen molar-refractivity contribution in [1.82, 2.24) is 4.90 Å². The van der Waals surface area contributed by atoms with Gasteiger partial charge in [0.1, 0.15) is 5.83 Å². The molecule has 1 fully saturated rings. The van der Waals surface area contributed by atoms with Crippen molar-refractivity contribution >= 4 is 0 Å². The van der Waals surface area contributed by atoms with Crippen molar-refractivity contribution in [3.05, 3.63) is 11.9 Å². The molecule has 1 unspecified atom stereocenters. The van der Waals surface area contributed by atoms with Gasteiger partial charge in [0.05, 0.1) is 6.54 Å². The number of rotatable bonds is 0. The zero-order chi connectivity index (χ0) is 7.19. The maximum atomic E-state index is 12.7. The number of nitrogens with zero attached hydrogens (tertiary/aromatic N) is 1. The molecule has 0 radical (unpaired) electrons. The minimum atomic E-state index is 0.0576. The first kappa shape index (κ1) is 6.35. The second kappa shape index (κ2) is 1.82. The summed E-state index contributed by atoms with van der Waals surface area (Å²) in [5, 5.41) is 0. The van der Waals surface area contributed by atoms with Gasteiger partial charge in [-0.1, -0.05) is 0 Å². The van der Waals surface area contributed by atoms with Crippen LogP contribution in [0.15, 0.2) is 11.9 Å².